The number of carbonyl (C=O) groups is 1. The van der Waals surface area contributed by atoms with E-state index in [1.54, 1.807) is 0 Å². The Bertz CT molecular complexity index is 981. The Balaban J connectivity index is 1.53. The van der Waals surface area contributed by atoms with E-state index in [9.17, 15) is 4.79 Å². The Morgan fingerprint density at radius 3 is 1.73 bits per heavy atom. The van der Waals surface area contributed by atoms with Crippen molar-refractivity contribution in [3.63, 3.8) is 0 Å². The zero-order valence-electron chi connectivity index (χ0n) is 18.7. The maximum atomic E-state index is 12.3. The zero-order chi connectivity index (χ0) is 21.7. The smallest absolute Gasteiger partial charge is 0.338 e. The summed E-state index contributed by atoms with van der Waals surface area (Å²) in [4.78, 5) is 13.8. The molecule has 1 atom stereocenters. The fourth-order valence-corrected chi connectivity index (χ4v) is 4.01. The third-order valence-corrected chi connectivity index (χ3v) is 5.14. The number of rotatable bonds is 7. The summed E-state index contributed by atoms with van der Waals surface area (Å²) in [5.41, 5.74) is 9.04. The summed E-state index contributed by atoms with van der Waals surface area (Å²) in [7, 11) is 2.22. The van der Waals surface area contributed by atoms with E-state index in [-0.39, 0.29) is 12.6 Å². The molecule has 3 rings (SSSR count). The molecule has 0 aliphatic rings. The molecular formula is C27H32NO2+. The van der Waals surface area contributed by atoms with Gasteiger partial charge in [-0.25, -0.2) is 4.79 Å². The maximum Gasteiger partial charge on any atom is 0.338 e. The number of carbonyl (C=O) groups excluding carboxylic acids is 1. The van der Waals surface area contributed by atoms with E-state index < -0.39 is 0 Å². The third kappa shape index (κ3) is 6.30. The fraction of sp³-hybridized carbons (Fsp3) is 0.296. The summed E-state index contributed by atoms with van der Waals surface area (Å²) in [6.07, 6.45) is 0. The summed E-state index contributed by atoms with van der Waals surface area (Å²) in [6, 6.07) is 20.9. The minimum Gasteiger partial charge on any atom is -0.457 e. The lowest BCUT2D eigenvalue weighted by Gasteiger charge is -2.15. The largest absolute Gasteiger partial charge is 0.457 e. The zero-order valence-corrected chi connectivity index (χ0v) is 18.7. The first-order valence-corrected chi connectivity index (χ1v) is 10.5. The highest BCUT2D eigenvalue weighted by Gasteiger charge is 2.10. The van der Waals surface area contributed by atoms with Crippen molar-refractivity contribution in [2.45, 2.75) is 47.4 Å². The first-order valence-electron chi connectivity index (χ1n) is 10.5. The van der Waals surface area contributed by atoms with Crippen molar-refractivity contribution < 1.29 is 14.4 Å². The van der Waals surface area contributed by atoms with Crippen LogP contribution in [0, 0.1) is 27.7 Å². The van der Waals surface area contributed by atoms with Crippen molar-refractivity contribution in [1.29, 1.82) is 0 Å². The van der Waals surface area contributed by atoms with Gasteiger partial charge in [0.15, 0.2) is 0 Å². The predicted molar refractivity (Wildman–Crippen MR) is 122 cm³/mol. The van der Waals surface area contributed by atoms with E-state index in [4.69, 9.17) is 4.74 Å². The molecule has 0 aliphatic heterocycles. The van der Waals surface area contributed by atoms with E-state index in [0.717, 1.165) is 29.8 Å². The van der Waals surface area contributed by atoms with Crippen molar-refractivity contribution in [1.82, 2.24) is 0 Å². The molecule has 3 aromatic rings. The van der Waals surface area contributed by atoms with Crippen LogP contribution >= 0.6 is 0 Å². The van der Waals surface area contributed by atoms with Crippen LogP contribution in [-0.4, -0.2) is 13.0 Å². The molecular weight excluding hydrogens is 370 g/mol. The van der Waals surface area contributed by atoms with Gasteiger partial charge in [-0.3, -0.25) is 0 Å². The Morgan fingerprint density at radius 2 is 1.17 bits per heavy atom. The van der Waals surface area contributed by atoms with Crippen molar-refractivity contribution in [3.8, 4) is 0 Å². The van der Waals surface area contributed by atoms with Gasteiger partial charge in [-0.15, -0.1) is 0 Å². The van der Waals surface area contributed by atoms with Crippen LogP contribution in [0.1, 0.15) is 49.3 Å². The molecule has 0 aliphatic carbocycles. The van der Waals surface area contributed by atoms with Crippen LogP contribution in [0.25, 0.3) is 0 Å². The lowest BCUT2D eigenvalue weighted by Crippen LogP contribution is -3.06. The molecule has 156 valence electrons. The van der Waals surface area contributed by atoms with Gasteiger partial charge in [0.1, 0.15) is 19.7 Å². The molecule has 3 heteroatoms. The first kappa shape index (κ1) is 21.8. The van der Waals surface area contributed by atoms with E-state index >= 15 is 0 Å². The van der Waals surface area contributed by atoms with Crippen LogP contribution in [0.15, 0.2) is 60.7 Å². The summed E-state index contributed by atoms with van der Waals surface area (Å²) in [5.74, 6) is -0.275. The minimum absolute atomic E-state index is 0.275. The second kappa shape index (κ2) is 9.73. The van der Waals surface area contributed by atoms with Gasteiger partial charge in [-0.1, -0.05) is 70.8 Å². The van der Waals surface area contributed by atoms with Crippen molar-refractivity contribution in [2.75, 3.05) is 7.05 Å². The molecule has 0 heterocycles. The monoisotopic (exact) mass is 402 g/mol. The van der Waals surface area contributed by atoms with Gasteiger partial charge in [0, 0.05) is 11.1 Å². The quantitative estimate of drug-likeness (QED) is 0.590. The number of hydrogen-bond acceptors (Lipinski definition) is 2. The Morgan fingerprint density at radius 1 is 0.700 bits per heavy atom. The SMILES string of the molecule is Cc1cc(C)cc(C[NH+](C)Cc2ccc(COC(=O)c3cc(C)cc(C)c3)cc2)c1. The van der Waals surface area contributed by atoms with Gasteiger partial charge < -0.3 is 9.64 Å². The summed E-state index contributed by atoms with van der Waals surface area (Å²) < 4.78 is 5.50. The average molecular weight is 403 g/mol. The van der Waals surface area contributed by atoms with Crippen molar-refractivity contribution in [3.05, 3.63) is 105 Å². The predicted octanol–water partition coefficient (Wildman–Crippen LogP) is 4.49. The Hall–Kier alpha value is -2.91. The van der Waals surface area contributed by atoms with E-state index in [1.165, 1.54) is 27.2 Å². The highest BCUT2D eigenvalue weighted by atomic mass is 16.5. The molecule has 0 saturated carbocycles. The average Bonchev–Trinajstić information content (AvgIpc) is 2.65. The van der Waals surface area contributed by atoms with Gasteiger partial charge in [0.25, 0.3) is 0 Å². The molecule has 3 aromatic carbocycles. The lowest BCUT2D eigenvalue weighted by molar-refractivity contribution is -0.907. The van der Waals surface area contributed by atoms with E-state index in [1.807, 2.05) is 38.1 Å². The van der Waals surface area contributed by atoms with Crippen LogP contribution in [-0.2, 0) is 24.4 Å². The van der Waals surface area contributed by atoms with Crippen LogP contribution in [0.3, 0.4) is 0 Å². The third-order valence-electron chi connectivity index (χ3n) is 5.14. The van der Waals surface area contributed by atoms with Crippen molar-refractivity contribution >= 4 is 5.97 Å². The molecule has 3 nitrogen and oxygen atoms in total. The molecule has 0 radical (unpaired) electrons. The number of ether oxygens (including phenoxy) is 1. The van der Waals surface area contributed by atoms with Crippen LogP contribution in [0.4, 0.5) is 0 Å². The first-order chi connectivity index (χ1) is 14.3. The molecule has 0 saturated heterocycles. The van der Waals surface area contributed by atoms with Crippen molar-refractivity contribution in [2.24, 2.45) is 0 Å². The molecule has 0 aromatic heterocycles. The van der Waals surface area contributed by atoms with Gasteiger partial charge in [0.05, 0.1) is 12.6 Å². The van der Waals surface area contributed by atoms with Gasteiger partial charge in [0.2, 0.25) is 0 Å². The topological polar surface area (TPSA) is 30.7 Å². The second-order valence-corrected chi connectivity index (χ2v) is 8.58. The normalized spacial score (nSPS) is 11.9. The molecule has 0 amide bonds. The number of esters is 1. The number of nitrogens with one attached hydrogen (secondary N) is 1. The molecule has 0 fully saturated rings. The maximum absolute atomic E-state index is 12.3. The molecule has 30 heavy (non-hydrogen) atoms. The van der Waals surface area contributed by atoms with Crippen LogP contribution in [0.2, 0.25) is 0 Å². The minimum atomic E-state index is -0.275. The second-order valence-electron chi connectivity index (χ2n) is 8.58. The number of benzene rings is 3. The Labute approximate surface area is 180 Å². The molecule has 1 unspecified atom stereocenters. The summed E-state index contributed by atoms with van der Waals surface area (Å²) >= 11 is 0. The number of quaternary nitrogens is 1. The summed E-state index contributed by atoms with van der Waals surface area (Å²) in [6.45, 7) is 10.5. The lowest BCUT2D eigenvalue weighted by atomic mass is 10.1. The van der Waals surface area contributed by atoms with Crippen LogP contribution < -0.4 is 4.90 Å². The molecule has 0 bridgehead atoms. The number of hydrogen-bond donors (Lipinski definition) is 1. The Kier molecular flexibility index (Phi) is 7.07. The van der Waals surface area contributed by atoms with E-state index in [0.29, 0.717) is 5.56 Å². The fourth-order valence-electron chi connectivity index (χ4n) is 4.01. The standard InChI is InChI=1S/C27H31NO2/c1-19-10-20(2)13-25(12-19)17-28(5)16-23-6-8-24(9-7-23)18-30-27(29)26-14-21(3)11-22(4)15-26/h6-15H,16-18H2,1-5H3/p+1. The van der Waals surface area contributed by atoms with Gasteiger partial charge in [-0.2, -0.15) is 0 Å². The summed E-state index contributed by atoms with van der Waals surface area (Å²) in [5, 5.41) is 0. The highest BCUT2D eigenvalue weighted by molar-refractivity contribution is 5.89. The highest BCUT2D eigenvalue weighted by Crippen LogP contribution is 2.12. The van der Waals surface area contributed by atoms with E-state index in [2.05, 4.69) is 57.3 Å². The number of aryl methyl sites for hydroxylation is 4. The van der Waals surface area contributed by atoms with Gasteiger partial charge >= 0.3 is 5.97 Å². The molecule has 1 N–H and O–H groups in total. The molecule has 0 spiro atoms. The van der Waals surface area contributed by atoms with Crippen LogP contribution in [0.5, 0.6) is 0 Å². The van der Waals surface area contributed by atoms with Gasteiger partial charge in [-0.05, 0) is 45.4 Å².